The Balaban J connectivity index is 3.51. The molecule has 0 spiro atoms. The molecule has 0 aliphatic carbocycles. The molecule has 15 heavy (non-hydrogen) atoms. The zero-order valence-electron chi connectivity index (χ0n) is 10.7. The van der Waals surface area contributed by atoms with Gasteiger partial charge in [0.1, 0.15) is 0 Å². The standard InChI is InChI=1S/C13H26O2/c1-5-11(2)8-12(3)6-7-13(4)9-15-10-14/h10-13H,5-9H2,1-4H3. The molecule has 2 heteroatoms. The molecule has 0 amide bonds. The van der Waals surface area contributed by atoms with Gasteiger partial charge in [-0.05, 0) is 30.6 Å². The van der Waals surface area contributed by atoms with Gasteiger partial charge in [0.2, 0.25) is 0 Å². The highest BCUT2D eigenvalue weighted by Crippen LogP contribution is 2.21. The lowest BCUT2D eigenvalue weighted by atomic mass is 9.90. The minimum atomic E-state index is 0.495. The minimum absolute atomic E-state index is 0.495. The summed E-state index contributed by atoms with van der Waals surface area (Å²) < 4.78 is 4.75. The number of hydrogen-bond acceptors (Lipinski definition) is 2. The molecule has 0 saturated heterocycles. The van der Waals surface area contributed by atoms with Crippen molar-refractivity contribution in [1.82, 2.24) is 0 Å². The van der Waals surface area contributed by atoms with Gasteiger partial charge >= 0.3 is 0 Å². The van der Waals surface area contributed by atoms with Crippen molar-refractivity contribution in [2.75, 3.05) is 6.61 Å². The molecule has 0 aromatic carbocycles. The van der Waals surface area contributed by atoms with E-state index in [9.17, 15) is 4.79 Å². The molecule has 0 aliphatic rings. The zero-order valence-corrected chi connectivity index (χ0v) is 10.7. The van der Waals surface area contributed by atoms with E-state index in [0.29, 0.717) is 19.0 Å². The van der Waals surface area contributed by atoms with Crippen molar-refractivity contribution in [3.63, 3.8) is 0 Å². The van der Waals surface area contributed by atoms with E-state index in [4.69, 9.17) is 4.74 Å². The first kappa shape index (κ1) is 14.5. The number of carbonyl (C=O) groups is 1. The molecule has 0 bridgehead atoms. The van der Waals surface area contributed by atoms with Gasteiger partial charge in [-0.1, -0.05) is 40.5 Å². The van der Waals surface area contributed by atoms with E-state index in [-0.39, 0.29) is 0 Å². The molecule has 0 N–H and O–H groups in total. The van der Waals surface area contributed by atoms with Gasteiger partial charge in [0, 0.05) is 0 Å². The zero-order chi connectivity index (χ0) is 11.7. The fourth-order valence-corrected chi connectivity index (χ4v) is 1.83. The fraction of sp³-hybridized carbons (Fsp3) is 0.923. The van der Waals surface area contributed by atoms with Crippen LogP contribution in [0.4, 0.5) is 0 Å². The van der Waals surface area contributed by atoms with E-state index < -0.39 is 0 Å². The van der Waals surface area contributed by atoms with Crippen LogP contribution in [0.15, 0.2) is 0 Å². The first-order valence-electron chi connectivity index (χ1n) is 6.15. The van der Waals surface area contributed by atoms with Gasteiger partial charge in [0.25, 0.3) is 6.47 Å². The molecular formula is C13H26O2. The monoisotopic (exact) mass is 214 g/mol. The number of carbonyl (C=O) groups excluding carboxylic acids is 1. The number of ether oxygens (including phenoxy) is 1. The van der Waals surface area contributed by atoms with E-state index in [2.05, 4.69) is 27.7 Å². The van der Waals surface area contributed by atoms with E-state index in [1.165, 1.54) is 19.3 Å². The predicted octanol–water partition coefficient (Wildman–Crippen LogP) is 3.65. The van der Waals surface area contributed by atoms with Crippen LogP contribution in [0.1, 0.15) is 53.4 Å². The van der Waals surface area contributed by atoms with Crippen molar-refractivity contribution < 1.29 is 9.53 Å². The highest BCUT2D eigenvalue weighted by Gasteiger charge is 2.09. The van der Waals surface area contributed by atoms with Crippen LogP contribution in [0, 0.1) is 17.8 Å². The largest absolute Gasteiger partial charge is 0.468 e. The molecule has 0 heterocycles. The Morgan fingerprint density at radius 2 is 1.67 bits per heavy atom. The van der Waals surface area contributed by atoms with Gasteiger partial charge in [-0.15, -0.1) is 0 Å². The summed E-state index contributed by atoms with van der Waals surface area (Å²) in [6.45, 7) is 10.1. The van der Waals surface area contributed by atoms with Crippen molar-refractivity contribution in [2.45, 2.75) is 53.4 Å². The van der Waals surface area contributed by atoms with Crippen LogP contribution in [0.5, 0.6) is 0 Å². The first-order valence-corrected chi connectivity index (χ1v) is 6.15. The first-order chi connectivity index (χ1) is 7.10. The lowest BCUT2D eigenvalue weighted by Crippen LogP contribution is -2.08. The second kappa shape index (κ2) is 8.75. The number of hydrogen-bond donors (Lipinski definition) is 0. The summed E-state index contributed by atoms with van der Waals surface area (Å²) in [6, 6.07) is 0. The molecule has 0 radical (unpaired) electrons. The van der Waals surface area contributed by atoms with Crippen molar-refractivity contribution in [1.29, 1.82) is 0 Å². The molecule has 0 aromatic heterocycles. The third-order valence-corrected chi connectivity index (χ3v) is 3.10. The molecule has 2 nitrogen and oxygen atoms in total. The summed E-state index contributed by atoms with van der Waals surface area (Å²) in [5.41, 5.74) is 0. The maximum Gasteiger partial charge on any atom is 0.293 e. The molecule has 90 valence electrons. The Kier molecular flexibility index (Phi) is 8.44. The molecule has 0 aliphatic heterocycles. The van der Waals surface area contributed by atoms with Crippen LogP contribution in [-0.4, -0.2) is 13.1 Å². The maximum absolute atomic E-state index is 10.0. The van der Waals surface area contributed by atoms with E-state index in [1.807, 2.05) is 0 Å². The van der Waals surface area contributed by atoms with Crippen LogP contribution in [-0.2, 0) is 9.53 Å². The summed E-state index contributed by atoms with van der Waals surface area (Å²) in [4.78, 5) is 10.0. The topological polar surface area (TPSA) is 26.3 Å². The molecule has 0 fully saturated rings. The summed E-state index contributed by atoms with van der Waals surface area (Å²) in [6.07, 6.45) is 4.99. The molecule has 0 rings (SSSR count). The second-order valence-corrected chi connectivity index (χ2v) is 4.97. The Hall–Kier alpha value is -0.530. The maximum atomic E-state index is 10.0. The summed E-state index contributed by atoms with van der Waals surface area (Å²) >= 11 is 0. The average Bonchev–Trinajstić information content (AvgIpc) is 2.23. The van der Waals surface area contributed by atoms with Crippen molar-refractivity contribution in [3.05, 3.63) is 0 Å². The Labute approximate surface area is 94.4 Å². The van der Waals surface area contributed by atoms with E-state index in [1.54, 1.807) is 0 Å². The fourth-order valence-electron chi connectivity index (χ4n) is 1.83. The normalized spacial score (nSPS) is 16.8. The predicted molar refractivity (Wildman–Crippen MR) is 63.7 cm³/mol. The highest BCUT2D eigenvalue weighted by atomic mass is 16.5. The van der Waals surface area contributed by atoms with E-state index >= 15 is 0 Å². The van der Waals surface area contributed by atoms with Gasteiger partial charge in [-0.2, -0.15) is 0 Å². The van der Waals surface area contributed by atoms with Crippen LogP contribution < -0.4 is 0 Å². The van der Waals surface area contributed by atoms with Crippen LogP contribution in [0.2, 0.25) is 0 Å². The molecule has 3 unspecified atom stereocenters. The third-order valence-electron chi connectivity index (χ3n) is 3.10. The lowest BCUT2D eigenvalue weighted by Gasteiger charge is -2.17. The lowest BCUT2D eigenvalue weighted by molar-refractivity contribution is -0.129. The Bertz CT molecular complexity index is 157. The highest BCUT2D eigenvalue weighted by molar-refractivity contribution is 5.36. The van der Waals surface area contributed by atoms with Gasteiger partial charge in [0.15, 0.2) is 0 Å². The number of rotatable bonds is 9. The van der Waals surface area contributed by atoms with Crippen molar-refractivity contribution in [3.8, 4) is 0 Å². The van der Waals surface area contributed by atoms with Gasteiger partial charge in [-0.25, -0.2) is 0 Å². The minimum Gasteiger partial charge on any atom is -0.468 e. The van der Waals surface area contributed by atoms with Crippen LogP contribution >= 0.6 is 0 Å². The second-order valence-electron chi connectivity index (χ2n) is 4.97. The summed E-state index contributed by atoms with van der Waals surface area (Å²) in [5.74, 6) is 2.12. The van der Waals surface area contributed by atoms with Crippen LogP contribution in [0.3, 0.4) is 0 Å². The molecular weight excluding hydrogens is 188 g/mol. The smallest absolute Gasteiger partial charge is 0.293 e. The van der Waals surface area contributed by atoms with Gasteiger partial charge < -0.3 is 4.74 Å². The summed E-state index contributed by atoms with van der Waals surface area (Å²) in [7, 11) is 0. The van der Waals surface area contributed by atoms with Crippen LogP contribution in [0.25, 0.3) is 0 Å². The molecule has 0 aromatic rings. The Morgan fingerprint density at radius 3 is 2.20 bits per heavy atom. The van der Waals surface area contributed by atoms with Crippen molar-refractivity contribution >= 4 is 6.47 Å². The Morgan fingerprint density at radius 1 is 1.07 bits per heavy atom. The van der Waals surface area contributed by atoms with Gasteiger partial charge in [-0.3, -0.25) is 4.79 Å². The average molecular weight is 214 g/mol. The van der Waals surface area contributed by atoms with Gasteiger partial charge in [0.05, 0.1) is 6.61 Å². The molecule has 0 saturated carbocycles. The van der Waals surface area contributed by atoms with Crippen molar-refractivity contribution in [2.24, 2.45) is 17.8 Å². The summed E-state index contributed by atoms with van der Waals surface area (Å²) in [5, 5.41) is 0. The quantitative estimate of drug-likeness (QED) is 0.548. The SMILES string of the molecule is CCC(C)CC(C)CCC(C)COC=O. The third kappa shape index (κ3) is 8.46. The van der Waals surface area contributed by atoms with E-state index in [0.717, 1.165) is 18.3 Å². The molecule has 3 atom stereocenters.